The number of nitrogens with one attached hydrogen (secondary N) is 3. The standard InChI is InChI=1S/C13H11Br3N4O/c14-6-1-7(15)12(8(16)2-6)20-13(21)10-3-9-11(4-17-10)19-5-18-9/h1-2,5,10,17H,3-4H2,(H,18,19)(H,20,21). The van der Waals surface area contributed by atoms with Crippen LogP contribution < -0.4 is 10.6 Å². The van der Waals surface area contributed by atoms with E-state index in [0.717, 1.165) is 30.5 Å². The highest BCUT2D eigenvalue weighted by Crippen LogP contribution is 2.34. The Balaban J connectivity index is 1.76. The lowest BCUT2D eigenvalue weighted by atomic mass is 10.0. The van der Waals surface area contributed by atoms with Crippen LogP contribution in [0.3, 0.4) is 0 Å². The van der Waals surface area contributed by atoms with Crippen LogP contribution in [-0.4, -0.2) is 21.9 Å². The number of benzene rings is 1. The minimum atomic E-state index is -0.289. The quantitative estimate of drug-likeness (QED) is 0.620. The number of carbonyl (C=O) groups excluding carboxylic acids is 1. The molecule has 110 valence electrons. The minimum absolute atomic E-state index is 0.0765. The molecule has 8 heteroatoms. The van der Waals surface area contributed by atoms with Crippen molar-refractivity contribution < 1.29 is 4.79 Å². The number of anilines is 1. The molecule has 1 unspecified atom stereocenters. The molecule has 2 aromatic rings. The van der Waals surface area contributed by atoms with Gasteiger partial charge in [-0.25, -0.2) is 4.98 Å². The topological polar surface area (TPSA) is 69.8 Å². The molecule has 3 N–H and O–H groups in total. The molecule has 0 aliphatic carbocycles. The van der Waals surface area contributed by atoms with Gasteiger partial charge in [0.15, 0.2) is 0 Å². The van der Waals surface area contributed by atoms with Crippen LogP contribution in [0, 0.1) is 0 Å². The maximum atomic E-state index is 12.4. The third kappa shape index (κ3) is 3.23. The van der Waals surface area contributed by atoms with E-state index in [2.05, 4.69) is 68.4 Å². The monoisotopic (exact) mass is 476 g/mol. The largest absolute Gasteiger partial charge is 0.347 e. The second kappa shape index (κ2) is 6.20. The number of halogens is 3. The summed E-state index contributed by atoms with van der Waals surface area (Å²) in [6.07, 6.45) is 2.24. The number of nitrogens with zero attached hydrogens (tertiary/aromatic N) is 1. The van der Waals surface area contributed by atoms with Crippen LogP contribution in [-0.2, 0) is 17.8 Å². The van der Waals surface area contributed by atoms with Crippen molar-refractivity contribution in [2.24, 2.45) is 0 Å². The van der Waals surface area contributed by atoms with Gasteiger partial charge in [0.2, 0.25) is 5.91 Å². The van der Waals surface area contributed by atoms with E-state index in [1.54, 1.807) is 6.33 Å². The van der Waals surface area contributed by atoms with Gasteiger partial charge in [-0.2, -0.15) is 0 Å². The Hall–Kier alpha value is -0.700. The van der Waals surface area contributed by atoms with Crippen molar-refractivity contribution in [2.45, 2.75) is 19.0 Å². The molecule has 0 saturated carbocycles. The Morgan fingerprint density at radius 2 is 2.00 bits per heavy atom. The zero-order chi connectivity index (χ0) is 15.0. The van der Waals surface area contributed by atoms with Crippen LogP contribution in [0.1, 0.15) is 11.4 Å². The van der Waals surface area contributed by atoms with Gasteiger partial charge in [-0.1, -0.05) is 15.9 Å². The van der Waals surface area contributed by atoms with Crippen LogP contribution in [0.2, 0.25) is 0 Å². The van der Waals surface area contributed by atoms with Gasteiger partial charge in [-0.3, -0.25) is 10.1 Å². The van der Waals surface area contributed by atoms with Crippen molar-refractivity contribution >= 4 is 59.4 Å². The van der Waals surface area contributed by atoms with Crippen molar-refractivity contribution in [3.63, 3.8) is 0 Å². The summed E-state index contributed by atoms with van der Waals surface area (Å²) in [5.41, 5.74) is 2.71. The maximum absolute atomic E-state index is 12.4. The zero-order valence-corrected chi connectivity index (χ0v) is 15.5. The number of amides is 1. The molecule has 0 spiro atoms. The lowest BCUT2D eigenvalue weighted by Gasteiger charge is -2.23. The number of fused-ring (bicyclic) bond motifs is 1. The van der Waals surface area contributed by atoms with Gasteiger partial charge in [0.1, 0.15) is 0 Å². The summed E-state index contributed by atoms with van der Waals surface area (Å²) in [6, 6.07) is 3.49. The van der Waals surface area contributed by atoms with Gasteiger partial charge >= 0.3 is 0 Å². The summed E-state index contributed by atoms with van der Waals surface area (Å²) in [7, 11) is 0. The molecule has 3 rings (SSSR count). The van der Waals surface area contributed by atoms with Crippen molar-refractivity contribution in [3.05, 3.63) is 43.3 Å². The highest BCUT2D eigenvalue weighted by atomic mass is 79.9. The van der Waals surface area contributed by atoms with Crippen molar-refractivity contribution in [1.82, 2.24) is 15.3 Å². The first-order chi connectivity index (χ1) is 10.0. The number of aromatic amines is 1. The first-order valence-electron chi connectivity index (χ1n) is 6.24. The number of carbonyl (C=O) groups is 1. The first-order valence-corrected chi connectivity index (χ1v) is 8.62. The number of hydrogen-bond donors (Lipinski definition) is 3. The highest BCUT2D eigenvalue weighted by molar-refractivity contribution is 9.11. The number of imidazole rings is 1. The van der Waals surface area contributed by atoms with Crippen LogP contribution in [0.4, 0.5) is 5.69 Å². The van der Waals surface area contributed by atoms with E-state index in [1.165, 1.54) is 0 Å². The van der Waals surface area contributed by atoms with Crippen LogP contribution >= 0.6 is 47.8 Å². The number of aromatic nitrogens is 2. The lowest BCUT2D eigenvalue weighted by molar-refractivity contribution is -0.118. The molecule has 0 radical (unpaired) electrons. The number of H-pyrrole nitrogens is 1. The van der Waals surface area contributed by atoms with Gasteiger partial charge in [0, 0.05) is 26.4 Å². The molecule has 0 saturated heterocycles. The molecular weight excluding hydrogens is 468 g/mol. The molecule has 2 heterocycles. The van der Waals surface area contributed by atoms with E-state index in [0.29, 0.717) is 13.0 Å². The predicted octanol–water partition coefficient (Wildman–Crippen LogP) is 3.35. The Morgan fingerprint density at radius 3 is 2.71 bits per heavy atom. The fourth-order valence-corrected chi connectivity index (χ4v) is 4.68. The minimum Gasteiger partial charge on any atom is -0.347 e. The summed E-state index contributed by atoms with van der Waals surface area (Å²) in [5, 5.41) is 6.15. The summed E-state index contributed by atoms with van der Waals surface area (Å²) in [6.45, 7) is 0.621. The molecule has 0 fully saturated rings. The Morgan fingerprint density at radius 1 is 1.29 bits per heavy atom. The molecule has 5 nitrogen and oxygen atoms in total. The van der Waals surface area contributed by atoms with Crippen LogP contribution in [0.15, 0.2) is 31.9 Å². The predicted molar refractivity (Wildman–Crippen MR) is 91.1 cm³/mol. The van der Waals surface area contributed by atoms with E-state index in [1.807, 2.05) is 12.1 Å². The molecule has 1 aliphatic rings. The molecule has 0 bridgehead atoms. The van der Waals surface area contributed by atoms with Gasteiger partial charge in [-0.05, 0) is 44.0 Å². The van der Waals surface area contributed by atoms with E-state index in [4.69, 9.17) is 0 Å². The molecule has 1 atom stereocenters. The molecule has 1 amide bonds. The highest BCUT2D eigenvalue weighted by Gasteiger charge is 2.26. The fourth-order valence-electron chi connectivity index (χ4n) is 2.23. The Kier molecular flexibility index (Phi) is 4.49. The zero-order valence-electron chi connectivity index (χ0n) is 10.7. The second-order valence-electron chi connectivity index (χ2n) is 4.70. The third-order valence-corrected chi connectivity index (χ3v) is 5.01. The van der Waals surface area contributed by atoms with Gasteiger partial charge in [0.05, 0.1) is 29.4 Å². The fraction of sp³-hybridized carbons (Fsp3) is 0.231. The average molecular weight is 479 g/mol. The third-order valence-electron chi connectivity index (χ3n) is 3.30. The van der Waals surface area contributed by atoms with E-state index in [-0.39, 0.29) is 11.9 Å². The van der Waals surface area contributed by atoms with E-state index in [9.17, 15) is 4.79 Å². The molecule has 1 aromatic heterocycles. The van der Waals surface area contributed by atoms with Crippen molar-refractivity contribution in [2.75, 3.05) is 5.32 Å². The van der Waals surface area contributed by atoms with Crippen LogP contribution in [0.5, 0.6) is 0 Å². The SMILES string of the molecule is O=C(Nc1c(Br)cc(Br)cc1Br)C1Cc2nc[nH]c2CN1. The summed E-state index contributed by atoms with van der Waals surface area (Å²) < 4.78 is 2.55. The molecular formula is C13H11Br3N4O. The molecule has 1 aliphatic heterocycles. The van der Waals surface area contributed by atoms with Crippen LogP contribution in [0.25, 0.3) is 0 Å². The number of hydrogen-bond acceptors (Lipinski definition) is 3. The second-order valence-corrected chi connectivity index (χ2v) is 7.32. The first kappa shape index (κ1) is 15.2. The molecule has 1 aromatic carbocycles. The van der Waals surface area contributed by atoms with Crippen molar-refractivity contribution in [3.8, 4) is 0 Å². The lowest BCUT2D eigenvalue weighted by Crippen LogP contribution is -2.44. The smallest absolute Gasteiger partial charge is 0.241 e. The Labute approximate surface area is 146 Å². The van der Waals surface area contributed by atoms with Gasteiger partial charge < -0.3 is 10.3 Å². The maximum Gasteiger partial charge on any atom is 0.241 e. The molecule has 21 heavy (non-hydrogen) atoms. The summed E-state index contributed by atoms with van der Waals surface area (Å²) in [5.74, 6) is -0.0765. The van der Waals surface area contributed by atoms with Gasteiger partial charge in [0.25, 0.3) is 0 Å². The summed E-state index contributed by atoms with van der Waals surface area (Å²) >= 11 is 10.3. The number of rotatable bonds is 2. The van der Waals surface area contributed by atoms with E-state index < -0.39 is 0 Å². The van der Waals surface area contributed by atoms with Gasteiger partial charge in [-0.15, -0.1) is 0 Å². The van der Waals surface area contributed by atoms with E-state index >= 15 is 0 Å². The van der Waals surface area contributed by atoms with Crippen molar-refractivity contribution in [1.29, 1.82) is 0 Å². The summed E-state index contributed by atoms with van der Waals surface area (Å²) in [4.78, 5) is 19.7. The normalized spacial score (nSPS) is 17.4. The Bertz CT molecular complexity index is 677. The average Bonchev–Trinajstić information content (AvgIpc) is 2.89.